The molecule has 0 amide bonds. The van der Waals surface area contributed by atoms with Crippen molar-refractivity contribution in [2.75, 3.05) is 19.0 Å². The van der Waals surface area contributed by atoms with E-state index in [1.165, 1.54) is 12.1 Å². The first-order chi connectivity index (χ1) is 11.0. The lowest BCUT2D eigenvalue weighted by atomic mass is 9.95. The summed E-state index contributed by atoms with van der Waals surface area (Å²) in [7, 11) is 3.25. The van der Waals surface area contributed by atoms with Crippen molar-refractivity contribution in [1.82, 2.24) is 0 Å². The second-order valence-electron chi connectivity index (χ2n) is 5.56. The summed E-state index contributed by atoms with van der Waals surface area (Å²) in [6.45, 7) is 0. The van der Waals surface area contributed by atoms with E-state index in [-0.39, 0.29) is 5.56 Å². The van der Waals surface area contributed by atoms with E-state index in [0.29, 0.717) is 5.69 Å². The number of aliphatic hydroxyl groups is 1. The first-order valence-corrected chi connectivity index (χ1v) is 6.70. The van der Waals surface area contributed by atoms with Crippen LogP contribution in [0.25, 0.3) is 0 Å². The van der Waals surface area contributed by atoms with Crippen LogP contribution in [0.1, 0.15) is 18.1 Å². The van der Waals surface area contributed by atoms with Gasteiger partial charge in [-0.15, -0.1) is 0 Å². The molecule has 0 aliphatic heterocycles. The van der Waals surface area contributed by atoms with Crippen molar-refractivity contribution in [2.24, 2.45) is 0 Å². The molecule has 1 unspecified atom stereocenters. The number of aliphatic hydroxyl groups excluding tert-OH is 1. The van der Waals surface area contributed by atoms with Gasteiger partial charge in [0.25, 0.3) is 0 Å². The van der Waals surface area contributed by atoms with Gasteiger partial charge in [0, 0.05) is 26.2 Å². The Hall–Kier alpha value is -1.65. The van der Waals surface area contributed by atoms with Gasteiger partial charge in [0.15, 0.2) is 0 Å². The van der Waals surface area contributed by atoms with Crippen molar-refractivity contribution >= 4 is 5.69 Å². The van der Waals surface area contributed by atoms with Crippen molar-refractivity contribution in [1.29, 1.82) is 0 Å². The average Bonchev–Trinajstić information content (AvgIpc) is 2.45. The number of alkyl halides is 9. The van der Waals surface area contributed by atoms with Crippen molar-refractivity contribution in [3.05, 3.63) is 29.8 Å². The van der Waals surface area contributed by atoms with Gasteiger partial charge in [-0.05, 0) is 17.7 Å². The van der Waals surface area contributed by atoms with Crippen molar-refractivity contribution in [3.8, 4) is 0 Å². The highest BCUT2D eigenvalue weighted by molar-refractivity contribution is 5.46. The Morgan fingerprint density at radius 1 is 0.840 bits per heavy atom. The van der Waals surface area contributed by atoms with E-state index < -0.39 is 36.5 Å². The molecule has 0 fully saturated rings. The molecule has 0 heterocycles. The Balaban J connectivity index is 3.06. The van der Waals surface area contributed by atoms with Gasteiger partial charge in [0.1, 0.15) is 0 Å². The summed E-state index contributed by atoms with van der Waals surface area (Å²) in [4.78, 5) is 1.59. The van der Waals surface area contributed by atoms with Crippen molar-refractivity contribution in [2.45, 2.75) is 36.5 Å². The SMILES string of the molecule is CN(C)c1ccc(C(O)CC(F)(F)C(F)(F)C(F)(F)C(F)(F)F)cc1. The quantitative estimate of drug-likeness (QED) is 0.724. The van der Waals surface area contributed by atoms with Gasteiger partial charge in [-0.2, -0.15) is 39.5 Å². The Morgan fingerprint density at radius 3 is 1.64 bits per heavy atom. The van der Waals surface area contributed by atoms with Gasteiger partial charge in [-0.25, -0.2) is 0 Å². The van der Waals surface area contributed by atoms with Crippen LogP contribution >= 0.6 is 0 Å². The monoisotopic (exact) mass is 383 g/mol. The predicted octanol–water partition coefficient (Wildman–Crippen LogP) is 4.64. The molecular formula is C14H14F9NO. The standard InChI is InChI=1S/C14H14F9NO/c1-24(2)9-5-3-8(4-6-9)10(25)7-11(15,16)12(17,18)13(19,20)14(21,22)23/h3-6,10,25H,7H2,1-2H3. The first kappa shape index (κ1) is 21.4. The van der Waals surface area contributed by atoms with Crippen LogP contribution in [0.4, 0.5) is 45.2 Å². The van der Waals surface area contributed by atoms with Gasteiger partial charge in [0.2, 0.25) is 0 Å². The molecule has 1 N–H and O–H groups in total. The minimum atomic E-state index is -6.96. The fraction of sp³-hybridized carbons (Fsp3) is 0.571. The third kappa shape index (κ3) is 3.96. The molecule has 144 valence electrons. The molecule has 0 saturated carbocycles. The van der Waals surface area contributed by atoms with Gasteiger partial charge < -0.3 is 10.0 Å². The Labute approximate surface area is 136 Å². The van der Waals surface area contributed by atoms with Crippen LogP contribution < -0.4 is 4.90 Å². The van der Waals surface area contributed by atoms with E-state index in [9.17, 15) is 44.6 Å². The summed E-state index contributed by atoms with van der Waals surface area (Å²) < 4.78 is 115. The third-order valence-corrected chi connectivity index (χ3v) is 3.45. The molecule has 0 aliphatic rings. The zero-order valence-electron chi connectivity index (χ0n) is 12.9. The van der Waals surface area contributed by atoms with Gasteiger partial charge in [-0.1, -0.05) is 12.1 Å². The molecule has 0 radical (unpaired) electrons. The van der Waals surface area contributed by atoms with E-state index in [4.69, 9.17) is 0 Å². The van der Waals surface area contributed by atoms with Crippen molar-refractivity contribution < 1.29 is 44.6 Å². The van der Waals surface area contributed by atoms with E-state index in [1.54, 1.807) is 19.0 Å². The van der Waals surface area contributed by atoms with Crippen LogP contribution in [0.3, 0.4) is 0 Å². The highest BCUT2D eigenvalue weighted by Crippen LogP contribution is 2.55. The Morgan fingerprint density at radius 2 is 1.28 bits per heavy atom. The molecule has 1 aromatic rings. The number of hydrogen-bond acceptors (Lipinski definition) is 2. The maximum Gasteiger partial charge on any atom is 0.460 e. The topological polar surface area (TPSA) is 23.5 Å². The smallest absolute Gasteiger partial charge is 0.388 e. The van der Waals surface area contributed by atoms with Crippen LogP contribution in [0.5, 0.6) is 0 Å². The summed E-state index contributed by atoms with van der Waals surface area (Å²) >= 11 is 0. The zero-order chi connectivity index (χ0) is 19.8. The molecule has 0 bridgehead atoms. The Bertz CT molecular complexity index is 581. The molecule has 1 rings (SSSR count). The van der Waals surface area contributed by atoms with E-state index in [1.807, 2.05) is 0 Å². The van der Waals surface area contributed by atoms with Crippen LogP contribution in [-0.4, -0.2) is 43.1 Å². The molecular weight excluding hydrogens is 369 g/mol. The van der Waals surface area contributed by atoms with E-state index in [2.05, 4.69) is 0 Å². The normalized spacial score (nSPS) is 15.2. The maximum absolute atomic E-state index is 13.5. The summed E-state index contributed by atoms with van der Waals surface area (Å²) in [6, 6.07) is 4.77. The lowest BCUT2D eigenvalue weighted by Gasteiger charge is -2.34. The molecule has 1 aromatic carbocycles. The molecule has 25 heavy (non-hydrogen) atoms. The molecule has 1 atom stereocenters. The number of nitrogens with zero attached hydrogens (tertiary/aromatic N) is 1. The molecule has 0 saturated heterocycles. The minimum absolute atomic E-state index is 0.337. The number of anilines is 1. The van der Waals surface area contributed by atoms with Crippen LogP contribution in [0, 0.1) is 0 Å². The molecule has 2 nitrogen and oxygen atoms in total. The third-order valence-electron chi connectivity index (χ3n) is 3.45. The second-order valence-corrected chi connectivity index (χ2v) is 5.56. The van der Waals surface area contributed by atoms with Crippen molar-refractivity contribution in [3.63, 3.8) is 0 Å². The fourth-order valence-corrected chi connectivity index (χ4v) is 1.89. The minimum Gasteiger partial charge on any atom is -0.388 e. The van der Waals surface area contributed by atoms with E-state index in [0.717, 1.165) is 12.1 Å². The lowest BCUT2D eigenvalue weighted by Crippen LogP contribution is -2.61. The highest BCUT2D eigenvalue weighted by Gasteiger charge is 2.81. The average molecular weight is 383 g/mol. The largest absolute Gasteiger partial charge is 0.460 e. The zero-order valence-corrected chi connectivity index (χ0v) is 12.9. The van der Waals surface area contributed by atoms with Gasteiger partial charge in [0.05, 0.1) is 6.10 Å². The second kappa shape index (κ2) is 6.58. The molecule has 0 spiro atoms. The number of rotatable bonds is 6. The number of hydrogen-bond donors (Lipinski definition) is 1. The summed E-state index contributed by atoms with van der Waals surface area (Å²) in [5, 5.41) is 9.56. The van der Waals surface area contributed by atoms with Crippen LogP contribution in [0.15, 0.2) is 24.3 Å². The Kier molecular flexibility index (Phi) is 5.63. The summed E-state index contributed by atoms with van der Waals surface area (Å²) in [5.41, 5.74) is 0.216. The van der Waals surface area contributed by atoms with E-state index >= 15 is 0 Å². The molecule has 0 aliphatic carbocycles. The van der Waals surface area contributed by atoms with Gasteiger partial charge in [-0.3, -0.25) is 0 Å². The fourth-order valence-electron chi connectivity index (χ4n) is 1.89. The first-order valence-electron chi connectivity index (χ1n) is 6.70. The highest BCUT2D eigenvalue weighted by atomic mass is 19.4. The number of halogens is 9. The van der Waals surface area contributed by atoms with Crippen LogP contribution in [0.2, 0.25) is 0 Å². The predicted molar refractivity (Wildman–Crippen MR) is 71.2 cm³/mol. The maximum atomic E-state index is 13.5. The lowest BCUT2D eigenvalue weighted by molar-refractivity contribution is -0.398. The van der Waals surface area contributed by atoms with Gasteiger partial charge >= 0.3 is 23.9 Å². The summed E-state index contributed by atoms with van der Waals surface area (Å²) in [6.07, 6.45) is -11.6. The molecule has 0 aromatic heterocycles. The number of benzene rings is 1. The van der Waals surface area contributed by atoms with Crippen LogP contribution in [-0.2, 0) is 0 Å². The summed E-state index contributed by atoms with van der Waals surface area (Å²) in [5.74, 6) is -19.5. The molecule has 11 heteroatoms.